The van der Waals surface area contributed by atoms with Crippen molar-refractivity contribution in [3.8, 4) is 11.5 Å². The fraction of sp³-hybridized carbons (Fsp3) is 0.438. The number of likely N-dealkylation sites (tertiary alicyclic amines) is 1. The number of aromatic nitrogens is 2. The van der Waals surface area contributed by atoms with E-state index in [9.17, 15) is 4.79 Å². The molecule has 2 aromatic rings. The number of fused-ring (bicyclic) bond motifs is 1. The maximum absolute atomic E-state index is 12.9. The monoisotopic (exact) mass is 349 g/mol. The number of nitrogens with zero attached hydrogens (tertiary/aromatic N) is 3. The predicted molar refractivity (Wildman–Crippen MR) is 84.3 cm³/mol. The Labute approximate surface area is 143 Å². The van der Waals surface area contributed by atoms with Crippen LogP contribution in [0.3, 0.4) is 0 Å². The SMILES string of the molecule is CCc1nc([C@H]2CCCN2C(=O)c2cc(Cl)c3c(c2)OCO3)no1. The molecule has 4 rings (SSSR count). The third-order valence-corrected chi connectivity index (χ3v) is 4.55. The second-order valence-corrected chi connectivity index (χ2v) is 6.16. The van der Waals surface area contributed by atoms with Gasteiger partial charge in [-0.2, -0.15) is 4.98 Å². The molecule has 0 radical (unpaired) electrons. The second-order valence-electron chi connectivity index (χ2n) is 5.75. The van der Waals surface area contributed by atoms with E-state index in [4.69, 9.17) is 25.6 Å². The number of carbonyl (C=O) groups excluding carboxylic acids is 1. The molecule has 0 N–H and O–H groups in total. The first-order valence-corrected chi connectivity index (χ1v) is 8.27. The van der Waals surface area contributed by atoms with Gasteiger partial charge < -0.3 is 18.9 Å². The summed E-state index contributed by atoms with van der Waals surface area (Å²) in [5, 5.41) is 4.39. The Hall–Kier alpha value is -2.28. The summed E-state index contributed by atoms with van der Waals surface area (Å²) in [5.74, 6) is 1.99. The van der Waals surface area contributed by atoms with Crippen molar-refractivity contribution < 1.29 is 18.8 Å². The molecule has 24 heavy (non-hydrogen) atoms. The fourth-order valence-electron chi connectivity index (χ4n) is 3.08. The summed E-state index contributed by atoms with van der Waals surface area (Å²) in [6.07, 6.45) is 2.38. The van der Waals surface area contributed by atoms with Gasteiger partial charge in [-0.25, -0.2) is 0 Å². The van der Waals surface area contributed by atoms with Gasteiger partial charge in [-0.1, -0.05) is 23.7 Å². The summed E-state index contributed by atoms with van der Waals surface area (Å²) in [5.41, 5.74) is 0.468. The van der Waals surface area contributed by atoms with E-state index in [1.54, 1.807) is 17.0 Å². The van der Waals surface area contributed by atoms with Crippen molar-refractivity contribution in [2.75, 3.05) is 13.3 Å². The van der Waals surface area contributed by atoms with Crippen molar-refractivity contribution in [1.82, 2.24) is 15.0 Å². The average Bonchev–Trinajstić information content (AvgIpc) is 3.32. The van der Waals surface area contributed by atoms with Crippen LogP contribution in [0, 0.1) is 0 Å². The Bertz CT molecular complexity index is 792. The predicted octanol–water partition coefficient (Wildman–Crippen LogP) is 2.99. The van der Waals surface area contributed by atoms with Crippen molar-refractivity contribution in [3.05, 3.63) is 34.4 Å². The minimum atomic E-state index is -0.175. The molecule has 2 aliphatic rings. The third kappa shape index (κ3) is 2.49. The lowest BCUT2D eigenvalue weighted by Gasteiger charge is -2.22. The van der Waals surface area contributed by atoms with Crippen molar-refractivity contribution in [2.45, 2.75) is 32.2 Å². The highest BCUT2D eigenvalue weighted by molar-refractivity contribution is 6.32. The summed E-state index contributed by atoms with van der Waals surface area (Å²) in [7, 11) is 0. The van der Waals surface area contributed by atoms with Crippen LogP contribution < -0.4 is 9.47 Å². The minimum Gasteiger partial charge on any atom is -0.454 e. The lowest BCUT2D eigenvalue weighted by Crippen LogP contribution is -2.31. The number of halogens is 1. The van der Waals surface area contributed by atoms with Gasteiger partial charge in [0, 0.05) is 18.5 Å². The average molecular weight is 350 g/mol. The van der Waals surface area contributed by atoms with Gasteiger partial charge >= 0.3 is 0 Å². The van der Waals surface area contributed by atoms with Crippen LogP contribution in [0.1, 0.15) is 47.9 Å². The molecular weight excluding hydrogens is 334 g/mol. The number of rotatable bonds is 3. The highest BCUT2D eigenvalue weighted by Gasteiger charge is 2.34. The van der Waals surface area contributed by atoms with Crippen LogP contribution in [0.5, 0.6) is 11.5 Å². The molecule has 0 bridgehead atoms. The third-order valence-electron chi connectivity index (χ3n) is 4.27. The van der Waals surface area contributed by atoms with Crippen LogP contribution in [0.15, 0.2) is 16.7 Å². The number of benzene rings is 1. The summed E-state index contributed by atoms with van der Waals surface area (Å²) >= 11 is 6.19. The molecule has 7 nitrogen and oxygen atoms in total. The standard InChI is InChI=1S/C16H16ClN3O4/c1-2-13-18-15(19-24-13)11-4-3-5-20(11)16(21)9-6-10(17)14-12(7-9)22-8-23-14/h6-7,11H,2-5,8H2,1H3/t11-/m1/s1. The largest absolute Gasteiger partial charge is 0.454 e. The molecule has 1 amide bonds. The zero-order valence-corrected chi connectivity index (χ0v) is 13.9. The molecule has 1 aromatic heterocycles. The van der Waals surface area contributed by atoms with E-state index < -0.39 is 0 Å². The Kier molecular flexibility index (Phi) is 3.80. The minimum absolute atomic E-state index is 0.113. The second kappa shape index (κ2) is 5.98. The first-order chi connectivity index (χ1) is 11.7. The molecule has 1 saturated heterocycles. The van der Waals surface area contributed by atoms with Gasteiger partial charge in [-0.05, 0) is 25.0 Å². The number of hydrogen-bond acceptors (Lipinski definition) is 6. The van der Waals surface area contributed by atoms with E-state index in [0.29, 0.717) is 46.8 Å². The summed E-state index contributed by atoms with van der Waals surface area (Å²) in [6.45, 7) is 2.71. The molecule has 0 spiro atoms. The van der Waals surface area contributed by atoms with Crippen LogP contribution in [-0.2, 0) is 6.42 Å². The van der Waals surface area contributed by atoms with Gasteiger partial charge in [-0.3, -0.25) is 4.79 Å². The molecule has 0 unspecified atom stereocenters. The molecular formula is C16H16ClN3O4. The first-order valence-electron chi connectivity index (χ1n) is 7.90. The van der Waals surface area contributed by atoms with E-state index in [2.05, 4.69) is 10.1 Å². The van der Waals surface area contributed by atoms with Gasteiger partial charge in [0.05, 0.1) is 11.1 Å². The number of hydrogen-bond donors (Lipinski definition) is 0. The lowest BCUT2D eigenvalue weighted by molar-refractivity contribution is 0.0728. The van der Waals surface area contributed by atoms with Crippen LogP contribution in [0.25, 0.3) is 0 Å². The molecule has 0 saturated carbocycles. The molecule has 1 fully saturated rings. The maximum Gasteiger partial charge on any atom is 0.254 e. The summed E-state index contributed by atoms with van der Waals surface area (Å²) in [6, 6.07) is 3.10. The topological polar surface area (TPSA) is 77.7 Å². The van der Waals surface area contributed by atoms with E-state index in [1.807, 2.05) is 6.92 Å². The maximum atomic E-state index is 12.9. The van der Waals surface area contributed by atoms with Crippen molar-refractivity contribution in [1.29, 1.82) is 0 Å². The fourth-order valence-corrected chi connectivity index (χ4v) is 3.35. The van der Waals surface area contributed by atoms with E-state index in [-0.39, 0.29) is 18.7 Å². The quantitative estimate of drug-likeness (QED) is 0.847. The van der Waals surface area contributed by atoms with Crippen LogP contribution >= 0.6 is 11.6 Å². The van der Waals surface area contributed by atoms with Gasteiger partial charge in [0.1, 0.15) is 0 Å². The molecule has 1 aromatic carbocycles. The van der Waals surface area contributed by atoms with Crippen LogP contribution in [-0.4, -0.2) is 34.3 Å². The normalized spacial score (nSPS) is 19.1. The van der Waals surface area contributed by atoms with Crippen molar-refractivity contribution >= 4 is 17.5 Å². The van der Waals surface area contributed by atoms with Gasteiger partial charge in [0.25, 0.3) is 5.91 Å². The highest BCUT2D eigenvalue weighted by Crippen LogP contribution is 2.41. The number of carbonyl (C=O) groups is 1. The van der Waals surface area contributed by atoms with E-state index in [0.717, 1.165) is 12.8 Å². The number of ether oxygens (including phenoxy) is 2. The van der Waals surface area contributed by atoms with Gasteiger partial charge in [0.15, 0.2) is 17.3 Å². The van der Waals surface area contributed by atoms with E-state index >= 15 is 0 Å². The van der Waals surface area contributed by atoms with Crippen LogP contribution in [0.4, 0.5) is 0 Å². The zero-order valence-electron chi connectivity index (χ0n) is 13.1. The van der Waals surface area contributed by atoms with Crippen molar-refractivity contribution in [3.63, 3.8) is 0 Å². The Morgan fingerprint density at radius 1 is 1.42 bits per heavy atom. The van der Waals surface area contributed by atoms with Gasteiger partial charge in [0.2, 0.25) is 12.7 Å². The van der Waals surface area contributed by atoms with Gasteiger partial charge in [-0.15, -0.1) is 0 Å². The molecule has 0 aliphatic carbocycles. The summed E-state index contributed by atoms with van der Waals surface area (Å²) in [4.78, 5) is 19.1. The number of aryl methyl sites for hydroxylation is 1. The molecule has 126 valence electrons. The Morgan fingerprint density at radius 3 is 3.08 bits per heavy atom. The zero-order chi connectivity index (χ0) is 16.7. The van der Waals surface area contributed by atoms with E-state index in [1.165, 1.54) is 0 Å². The summed E-state index contributed by atoms with van der Waals surface area (Å²) < 4.78 is 15.8. The Morgan fingerprint density at radius 2 is 2.29 bits per heavy atom. The lowest BCUT2D eigenvalue weighted by atomic mass is 10.1. The smallest absolute Gasteiger partial charge is 0.254 e. The molecule has 3 heterocycles. The molecule has 1 atom stereocenters. The molecule has 8 heteroatoms. The van der Waals surface area contributed by atoms with Crippen molar-refractivity contribution in [2.24, 2.45) is 0 Å². The highest BCUT2D eigenvalue weighted by atomic mass is 35.5. The first kappa shape index (κ1) is 15.3. The Balaban J connectivity index is 1.62. The number of amides is 1. The van der Waals surface area contributed by atoms with Crippen LogP contribution in [0.2, 0.25) is 5.02 Å². The molecule has 2 aliphatic heterocycles.